The summed E-state index contributed by atoms with van der Waals surface area (Å²) >= 11 is 0. The molecule has 8 nitrogen and oxygen atoms in total. The number of rotatable bonds is 4. The van der Waals surface area contributed by atoms with Crippen LogP contribution in [0.15, 0.2) is 48.5 Å². The van der Waals surface area contributed by atoms with E-state index in [0.717, 1.165) is 11.3 Å². The number of urea groups is 1. The summed E-state index contributed by atoms with van der Waals surface area (Å²) < 4.78 is 0. The van der Waals surface area contributed by atoms with Gasteiger partial charge < -0.3 is 15.5 Å². The molecule has 0 unspecified atom stereocenters. The van der Waals surface area contributed by atoms with E-state index in [1.54, 1.807) is 11.0 Å². The van der Waals surface area contributed by atoms with Gasteiger partial charge in [0.25, 0.3) is 11.6 Å². The number of carbonyl (C=O) groups is 2. The molecule has 1 saturated heterocycles. The van der Waals surface area contributed by atoms with Crippen LogP contribution >= 0.6 is 0 Å². The highest BCUT2D eigenvalue weighted by Gasteiger charge is 2.24. The third-order valence-electron chi connectivity index (χ3n) is 4.82. The second-order valence-electron chi connectivity index (χ2n) is 6.79. The summed E-state index contributed by atoms with van der Waals surface area (Å²) in [7, 11) is 0. The van der Waals surface area contributed by atoms with Gasteiger partial charge in [-0.3, -0.25) is 14.9 Å². The number of hydrogen-bond acceptors (Lipinski definition) is 4. The van der Waals surface area contributed by atoms with Crippen molar-refractivity contribution in [3.05, 3.63) is 69.8 Å². The Hall–Kier alpha value is -3.42. The van der Waals surface area contributed by atoms with E-state index in [1.807, 2.05) is 31.2 Å². The molecule has 0 radical (unpaired) electrons. The Morgan fingerprint density at radius 1 is 1.11 bits per heavy atom. The molecule has 2 aromatic rings. The summed E-state index contributed by atoms with van der Waals surface area (Å²) in [6.07, 6.45) is 1.25. The number of aryl methyl sites for hydroxylation is 1. The van der Waals surface area contributed by atoms with Crippen LogP contribution < -0.4 is 10.6 Å². The van der Waals surface area contributed by atoms with Gasteiger partial charge in [-0.15, -0.1) is 0 Å². The first-order valence-corrected chi connectivity index (χ1v) is 9.11. The minimum Gasteiger partial charge on any atom is -0.349 e. The average Bonchev–Trinajstić information content (AvgIpc) is 2.70. The van der Waals surface area contributed by atoms with Crippen LogP contribution in [0.25, 0.3) is 0 Å². The Bertz CT molecular complexity index is 891. The summed E-state index contributed by atoms with van der Waals surface area (Å²) in [4.78, 5) is 36.8. The van der Waals surface area contributed by atoms with Crippen molar-refractivity contribution < 1.29 is 14.5 Å². The van der Waals surface area contributed by atoms with Crippen molar-refractivity contribution in [1.29, 1.82) is 0 Å². The highest BCUT2D eigenvalue weighted by atomic mass is 16.6. The zero-order chi connectivity index (χ0) is 20.1. The number of nitro groups is 1. The van der Waals surface area contributed by atoms with E-state index in [2.05, 4.69) is 10.6 Å². The second kappa shape index (κ2) is 8.51. The van der Waals surface area contributed by atoms with Crippen molar-refractivity contribution in [2.24, 2.45) is 0 Å². The van der Waals surface area contributed by atoms with Gasteiger partial charge in [0.1, 0.15) is 0 Å². The lowest BCUT2D eigenvalue weighted by Crippen LogP contribution is -2.47. The number of nitrogens with one attached hydrogen (secondary N) is 2. The quantitative estimate of drug-likeness (QED) is 0.625. The van der Waals surface area contributed by atoms with Gasteiger partial charge in [0.2, 0.25) is 0 Å². The third-order valence-corrected chi connectivity index (χ3v) is 4.82. The van der Waals surface area contributed by atoms with Crippen molar-refractivity contribution in [3.63, 3.8) is 0 Å². The molecule has 0 bridgehead atoms. The van der Waals surface area contributed by atoms with Gasteiger partial charge in [-0.2, -0.15) is 0 Å². The normalized spacial score (nSPS) is 14.4. The molecule has 1 aliphatic heterocycles. The molecular formula is C20H22N4O4. The summed E-state index contributed by atoms with van der Waals surface area (Å²) in [6, 6.07) is 13.0. The van der Waals surface area contributed by atoms with Crippen LogP contribution in [0, 0.1) is 17.0 Å². The number of piperidine rings is 1. The van der Waals surface area contributed by atoms with Crippen LogP contribution in [0.5, 0.6) is 0 Å². The summed E-state index contributed by atoms with van der Waals surface area (Å²) in [6.45, 7) is 2.99. The van der Waals surface area contributed by atoms with Crippen molar-refractivity contribution in [2.75, 3.05) is 18.4 Å². The third kappa shape index (κ3) is 4.64. The maximum atomic E-state index is 12.4. The van der Waals surface area contributed by atoms with E-state index in [4.69, 9.17) is 0 Å². The number of non-ortho nitro benzene ring substituents is 1. The fraction of sp³-hybridized carbons (Fsp3) is 0.300. The molecule has 146 valence electrons. The largest absolute Gasteiger partial charge is 0.349 e. The number of likely N-dealkylation sites (tertiary alicyclic amines) is 1. The topological polar surface area (TPSA) is 105 Å². The Balaban J connectivity index is 1.52. The molecule has 0 aromatic heterocycles. The number of anilines is 1. The molecule has 1 heterocycles. The van der Waals surface area contributed by atoms with E-state index >= 15 is 0 Å². The standard InChI is InChI=1S/C20H22N4O4/c1-14-5-2-3-8-18(14)22-20(26)23-11-9-16(10-12-23)21-19(25)15-6-4-7-17(13-15)24(27)28/h2-8,13,16H,9-12H2,1H3,(H,21,25)(H,22,26). The van der Waals surface area contributed by atoms with Crippen molar-refractivity contribution in [1.82, 2.24) is 10.2 Å². The Kier molecular flexibility index (Phi) is 5.88. The van der Waals surface area contributed by atoms with Crippen LogP contribution in [0.4, 0.5) is 16.2 Å². The molecule has 0 atom stereocenters. The van der Waals surface area contributed by atoms with Crippen LogP contribution in [0.2, 0.25) is 0 Å². The van der Waals surface area contributed by atoms with Crippen LogP contribution in [0.1, 0.15) is 28.8 Å². The lowest BCUT2D eigenvalue weighted by Gasteiger charge is -2.32. The minimum atomic E-state index is -0.525. The maximum Gasteiger partial charge on any atom is 0.321 e. The number of para-hydroxylation sites is 1. The molecular weight excluding hydrogens is 360 g/mol. The number of amides is 3. The predicted molar refractivity (Wildman–Crippen MR) is 105 cm³/mol. The summed E-state index contributed by atoms with van der Waals surface area (Å²) in [5.74, 6) is -0.341. The predicted octanol–water partition coefficient (Wildman–Crippen LogP) is 3.33. The number of nitrogens with zero attached hydrogens (tertiary/aromatic N) is 2. The van der Waals surface area contributed by atoms with Crippen LogP contribution in [0.3, 0.4) is 0 Å². The molecule has 2 aromatic carbocycles. The van der Waals surface area contributed by atoms with Gasteiger partial charge >= 0.3 is 6.03 Å². The molecule has 0 saturated carbocycles. The zero-order valence-corrected chi connectivity index (χ0v) is 15.6. The maximum absolute atomic E-state index is 12.4. The van der Waals surface area contributed by atoms with Gasteiger partial charge in [0, 0.05) is 42.5 Å². The Labute approximate surface area is 162 Å². The van der Waals surface area contributed by atoms with Gasteiger partial charge in [-0.25, -0.2) is 4.79 Å². The number of carbonyl (C=O) groups excluding carboxylic acids is 2. The highest BCUT2D eigenvalue weighted by Crippen LogP contribution is 2.17. The highest BCUT2D eigenvalue weighted by molar-refractivity contribution is 5.95. The van der Waals surface area contributed by atoms with E-state index in [1.165, 1.54) is 18.2 Å². The molecule has 1 fully saturated rings. The van der Waals surface area contributed by atoms with Crippen molar-refractivity contribution >= 4 is 23.3 Å². The monoisotopic (exact) mass is 382 g/mol. The SMILES string of the molecule is Cc1ccccc1NC(=O)N1CCC(NC(=O)c2cccc([N+](=O)[O-])c2)CC1. The number of nitro benzene ring substituents is 1. The van der Waals surface area contributed by atoms with Crippen molar-refractivity contribution in [3.8, 4) is 0 Å². The summed E-state index contributed by atoms with van der Waals surface area (Å²) in [5.41, 5.74) is 1.92. The summed E-state index contributed by atoms with van der Waals surface area (Å²) in [5, 5.41) is 16.7. The lowest BCUT2D eigenvalue weighted by atomic mass is 10.0. The van der Waals surface area contributed by atoms with Gasteiger partial charge in [-0.05, 0) is 37.5 Å². The average molecular weight is 382 g/mol. The Morgan fingerprint density at radius 2 is 1.82 bits per heavy atom. The van der Waals surface area contributed by atoms with Gasteiger partial charge in [0.15, 0.2) is 0 Å². The smallest absolute Gasteiger partial charge is 0.321 e. The molecule has 0 spiro atoms. The van der Waals surface area contributed by atoms with E-state index in [-0.39, 0.29) is 29.2 Å². The van der Waals surface area contributed by atoms with Gasteiger partial charge in [0.05, 0.1) is 4.92 Å². The lowest BCUT2D eigenvalue weighted by molar-refractivity contribution is -0.384. The van der Waals surface area contributed by atoms with E-state index in [9.17, 15) is 19.7 Å². The van der Waals surface area contributed by atoms with E-state index < -0.39 is 4.92 Å². The molecule has 0 aliphatic carbocycles. The second-order valence-corrected chi connectivity index (χ2v) is 6.79. The first-order valence-electron chi connectivity index (χ1n) is 9.11. The zero-order valence-electron chi connectivity index (χ0n) is 15.6. The fourth-order valence-corrected chi connectivity index (χ4v) is 3.16. The van der Waals surface area contributed by atoms with Crippen LogP contribution in [-0.2, 0) is 0 Å². The Morgan fingerprint density at radius 3 is 2.50 bits per heavy atom. The minimum absolute atomic E-state index is 0.0747. The van der Waals surface area contributed by atoms with E-state index in [0.29, 0.717) is 25.9 Å². The van der Waals surface area contributed by atoms with Crippen LogP contribution in [-0.4, -0.2) is 40.9 Å². The number of benzene rings is 2. The molecule has 2 N–H and O–H groups in total. The molecule has 3 rings (SSSR count). The first kappa shape index (κ1) is 19.3. The molecule has 1 aliphatic rings. The first-order chi connectivity index (χ1) is 13.4. The fourth-order valence-electron chi connectivity index (χ4n) is 3.16. The van der Waals surface area contributed by atoms with Crippen molar-refractivity contribution in [2.45, 2.75) is 25.8 Å². The number of hydrogen-bond donors (Lipinski definition) is 2. The van der Waals surface area contributed by atoms with Gasteiger partial charge in [-0.1, -0.05) is 24.3 Å². The molecule has 3 amide bonds. The molecule has 8 heteroatoms. The molecule has 28 heavy (non-hydrogen) atoms.